The highest BCUT2D eigenvalue weighted by atomic mass is 127. The summed E-state index contributed by atoms with van der Waals surface area (Å²) < 4.78 is 1.19. The van der Waals surface area contributed by atoms with Gasteiger partial charge in [0, 0.05) is 58.4 Å². The van der Waals surface area contributed by atoms with Gasteiger partial charge in [-0.05, 0) is 58.9 Å². The summed E-state index contributed by atoms with van der Waals surface area (Å²) in [5, 5.41) is 0. The molecule has 0 spiro atoms. The van der Waals surface area contributed by atoms with Crippen LogP contribution < -0.4 is 0 Å². The molecule has 5 nitrogen and oxygen atoms in total. The minimum absolute atomic E-state index is 0.862. The number of nitrogens with zero attached hydrogens (tertiary/aromatic N) is 5. The first-order valence-electron chi connectivity index (χ1n) is 10.9. The molecule has 0 unspecified atom stereocenters. The molecule has 0 N–H and O–H groups in total. The van der Waals surface area contributed by atoms with Crippen LogP contribution in [0.3, 0.4) is 0 Å². The lowest BCUT2D eigenvalue weighted by atomic mass is 10.0. The first kappa shape index (κ1) is 21.2. The molecule has 0 saturated carbocycles. The zero-order valence-corrected chi connectivity index (χ0v) is 19.1. The molecule has 3 aliphatic rings. The van der Waals surface area contributed by atoms with Gasteiger partial charge in [0.1, 0.15) is 0 Å². The molecular weight excluding hydrogens is 437 g/mol. The summed E-state index contributed by atoms with van der Waals surface area (Å²) in [6.07, 6.45) is 6.94. The number of likely N-dealkylation sites (tertiary alicyclic amines) is 1. The number of rotatable bonds is 8. The molecule has 0 radical (unpaired) electrons. The Balaban J connectivity index is 1.19. The number of hydrogen-bond donors (Lipinski definition) is 0. The lowest BCUT2D eigenvalue weighted by Gasteiger charge is -2.42. The molecule has 6 heteroatoms. The normalized spacial score (nSPS) is 26.5. The lowest BCUT2D eigenvalue weighted by molar-refractivity contribution is 0.0638. The van der Waals surface area contributed by atoms with Gasteiger partial charge in [0.05, 0.1) is 4.55 Å². The minimum Gasteiger partial charge on any atom is -0.306 e. The fraction of sp³-hybridized carbons (Fsp3) is 1.00. The van der Waals surface area contributed by atoms with Crippen molar-refractivity contribution in [2.24, 2.45) is 0 Å². The van der Waals surface area contributed by atoms with Gasteiger partial charge >= 0.3 is 0 Å². The molecule has 0 atom stereocenters. The Morgan fingerprint density at radius 2 is 1.15 bits per heavy atom. The third kappa shape index (κ3) is 6.85. The standard InChI is InChI=1S/C20H40IN5/c1-22-9-5-20(6-10-22)26-17-15-24(16-18-26)8-4-2-3-7-23-11-13-25(19-21)14-12-23/h20H,2-19H2,1H3. The van der Waals surface area contributed by atoms with Crippen LogP contribution in [0.25, 0.3) is 0 Å². The smallest absolute Gasteiger partial charge is 0.0506 e. The van der Waals surface area contributed by atoms with E-state index in [1.807, 2.05) is 0 Å². The molecule has 0 aliphatic carbocycles. The summed E-state index contributed by atoms with van der Waals surface area (Å²) in [5.41, 5.74) is 0. The van der Waals surface area contributed by atoms with E-state index in [4.69, 9.17) is 0 Å². The van der Waals surface area contributed by atoms with Gasteiger partial charge in [0.2, 0.25) is 0 Å². The Kier molecular flexibility index (Phi) is 9.41. The molecule has 3 saturated heterocycles. The van der Waals surface area contributed by atoms with E-state index >= 15 is 0 Å². The topological polar surface area (TPSA) is 16.2 Å². The van der Waals surface area contributed by atoms with E-state index in [-0.39, 0.29) is 0 Å². The monoisotopic (exact) mass is 477 g/mol. The van der Waals surface area contributed by atoms with Crippen molar-refractivity contribution < 1.29 is 0 Å². The Morgan fingerprint density at radius 3 is 1.69 bits per heavy atom. The summed E-state index contributed by atoms with van der Waals surface area (Å²) in [7, 11) is 2.26. The van der Waals surface area contributed by atoms with E-state index in [1.54, 1.807) is 0 Å². The highest BCUT2D eigenvalue weighted by molar-refractivity contribution is 14.1. The second kappa shape index (κ2) is 11.5. The number of piperidine rings is 1. The molecule has 3 rings (SSSR count). The zero-order valence-electron chi connectivity index (χ0n) is 16.9. The summed E-state index contributed by atoms with van der Waals surface area (Å²) >= 11 is 2.49. The number of halogens is 1. The van der Waals surface area contributed by atoms with Gasteiger partial charge in [-0.2, -0.15) is 0 Å². The van der Waals surface area contributed by atoms with Crippen molar-refractivity contribution >= 4 is 22.6 Å². The average molecular weight is 477 g/mol. The van der Waals surface area contributed by atoms with Crippen LogP contribution in [-0.4, -0.2) is 121 Å². The summed E-state index contributed by atoms with van der Waals surface area (Å²) in [4.78, 5) is 13.2. The average Bonchev–Trinajstić information content (AvgIpc) is 2.69. The SMILES string of the molecule is CN1CCC(N2CCN(CCCCCN3CCN(CI)CC3)CC2)CC1. The lowest BCUT2D eigenvalue weighted by Crippen LogP contribution is -2.52. The number of unbranched alkanes of at least 4 members (excludes halogenated alkanes) is 2. The first-order chi connectivity index (χ1) is 12.7. The van der Waals surface area contributed by atoms with Gasteiger partial charge < -0.3 is 14.7 Å². The van der Waals surface area contributed by atoms with E-state index in [2.05, 4.69) is 54.1 Å². The van der Waals surface area contributed by atoms with Gasteiger partial charge in [-0.25, -0.2) is 0 Å². The van der Waals surface area contributed by atoms with Gasteiger partial charge in [-0.15, -0.1) is 0 Å². The van der Waals surface area contributed by atoms with Crippen molar-refractivity contribution in [1.29, 1.82) is 0 Å². The fourth-order valence-corrected chi connectivity index (χ4v) is 5.37. The predicted molar refractivity (Wildman–Crippen MR) is 119 cm³/mol. The van der Waals surface area contributed by atoms with Crippen molar-refractivity contribution in [2.45, 2.75) is 38.1 Å². The quantitative estimate of drug-likeness (QED) is 0.229. The van der Waals surface area contributed by atoms with Crippen LogP contribution in [0.4, 0.5) is 0 Å². The summed E-state index contributed by atoms with van der Waals surface area (Å²) in [6, 6.07) is 0.862. The highest BCUT2D eigenvalue weighted by Gasteiger charge is 2.26. The fourth-order valence-electron chi connectivity index (χ4n) is 4.69. The Morgan fingerprint density at radius 1 is 0.654 bits per heavy atom. The molecule has 26 heavy (non-hydrogen) atoms. The van der Waals surface area contributed by atoms with E-state index < -0.39 is 0 Å². The maximum Gasteiger partial charge on any atom is 0.0506 e. The van der Waals surface area contributed by atoms with Crippen molar-refractivity contribution in [3.05, 3.63) is 0 Å². The molecule has 152 valence electrons. The third-order valence-corrected chi connectivity index (χ3v) is 7.66. The Labute approximate surface area is 175 Å². The van der Waals surface area contributed by atoms with Crippen LogP contribution in [0.2, 0.25) is 0 Å². The second-order valence-corrected chi connectivity index (χ2v) is 9.23. The van der Waals surface area contributed by atoms with Crippen molar-refractivity contribution in [1.82, 2.24) is 24.5 Å². The summed E-state index contributed by atoms with van der Waals surface area (Å²) in [5.74, 6) is 0. The third-order valence-electron chi connectivity index (χ3n) is 6.69. The molecular formula is C20H40IN5. The largest absolute Gasteiger partial charge is 0.306 e. The van der Waals surface area contributed by atoms with Crippen LogP contribution in [0.15, 0.2) is 0 Å². The van der Waals surface area contributed by atoms with Crippen LogP contribution in [0, 0.1) is 0 Å². The Bertz CT molecular complexity index is 372. The molecule has 3 fully saturated rings. The van der Waals surface area contributed by atoms with Crippen LogP contribution in [0.1, 0.15) is 32.1 Å². The van der Waals surface area contributed by atoms with Crippen molar-refractivity contribution in [3.8, 4) is 0 Å². The molecule has 0 aromatic rings. The van der Waals surface area contributed by atoms with E-state index in [0.717, 1.165) is 6.04 Å². The summed E-state index contributed by atoms with van der Waals surface area (Å²) in [6.45, 7) is 15.5. The molecule has 3 heterocycles. The van der Waals surface area contributed by atoms with Crippen LogP contribution >= 0.6 is 22.6 Å². The first-order valence-corrected chi connectivity index (χ1v) is 12.4. The number of alkyl halides is 1. The van der Waals surface area contributed by atoms with E-state index in [0.29, 0.717) is 0 Å². The minimum atomic E-state index is 0.862. The maximum absolute atomic E-state index is 2.78. The highest BCUT2D eigenvalue weighted by Crippen LogP contribution is 2.17. The van der Waals surface area contributed by atoms with Gasteiger partial charge in [0.15, 0.2) is 0 Å². The predicted octanol–water partition coefficient (Wildman–Crippen LogP) is 1.88. The van der Waals surface area contributed by atoms with Gasteiger partial charge in [0.25, 0.3) is 0 Å². The molecule has 0 bridgehead atoms. The molecule has 3 aliphatic heterocycles. The van der Waals surface area contributed by atoms with E-state index in [9.17, 15) is 0 Å². The zero-order chi connectivity index (χ0) is 18.2. The van der Waals surface area contributed by atoms with E-state index in [1.165, 1.54) is 115 Å². The molecule has 0 aromatic carbocycles. The molecule has 0 aromatic heterocycles. The van der Waals surface area contributed by atoms with Crippen LogP contribution in [-0.2, 0) is 0 Å². The molecule has 0 amide bonds. The van der Waals surface area contributed by atoms with Gasteiger partial charge in [-0.3, -0.25) is 9.80 Å². The Hall–Kier alpha value is 0.530. The van der Waals surface area contributed by atoms with Crippen molar-refractivity contribution in [2.75, 3.05) is 90.1 Å². The number of piperazine rings is 2. The number of hydrogen-bond acceptors (Lipinski definition) is 5. The van der Waals surface area contributed by atoms with Crippen LogP contribution in [0.5, 0.6) is 0 Å². The maximum atomic E-state index is 2.78. The van der Waals surface area contributed by atoms with Crippen molar-refractivity contribution in [3.63, 3.8) is 0 Å². The van der Waals surface area contributed by atoms with Gasteiger partial charge in [-0.1, -0.05) is 29.0 Å². The second-order valence-electron chi connectivity index (χ2n) is 8.55.